The van der Waals surface area contributed by atoms with Crippen molar-refractivity contribution in [2.75, 3.05) is 33.2 Å². The molecule has 0 saturated carbocycles. The Morgan fingerprint density at radius 2 is 2.19 bits per heavy atom. The van der Waals surface area contributed by atoms with Crippen LogP contribution in [0.4, 0.5) is 0 Å². The van der Waals surface area contributed by atoms with Crippen LogP contribution in [0.5, 0.6) is 0 Å². The van der Waals surface area contributed by atoms with Gasteiger partial charge in [0.1, 0.15) is 11.6 Å². The van der Waals surface area contributed by atoms with Crippen LogP contribution in [0.3, 0.4) is 0 Å². The van der Waals surface area contributed by atoms with Crippen molar-refractivity contribution in [1.29, 1.82) is 5.26 Å². The molecule has 6 nitrogen and oxygen atoms in total. The maximum Gasteiger partial charge on any atom is 0.266 e. The molecule has 110 valence electrons. The van der Waals surface area contributed by atoms with Gasteiger partial charge in [0.15, 0.2) is 0 Å². The number of nitriles is 1. The summed E-state index contributed by atoms with van der Waals surface area (Å²) in [5.41, 5.74) is 0.994. The molecular formula is C15H19N5O. The van der Waals surface area contributed by atoms with E-state index < -0.39 is 0 Å². The van der Waals surface area contributed by atoms with Crippen LogP contribution >= 0.6 is 0 Å². The SMILES string of the molecule is CN1CCN(C(=O)/C(C#N)=C\NCc2ccccn2)CC1. The van der Waals surface area contributed by atoms with Crippen molar-refractivity contribution in [2.45, 2.75) is 6.54 Å². The van der Waals surface area contributed by atoms with Crippen LogP contribution in [0.15, 0.2) is 36.2 Å². The van der Waals surface area contributed by atoms with Gasteiger partial charge in [0.2, 0.25) is 0 Å². The first-order chi connectivity index (χ1) is 10.2. The minimum absolute atomic E-state index is 0.135. The zero-order chi connectivity index (χ0) is 15.1. The highest BCUT2D eigenvalue weighted by Gasteiger charge is 2.21. The van der Waals surface area contributed by atoms with E-state index in [1.54, 1.807) is 11.1 Å². The number of piperazine rings is 1. The van der Waals surface area contributed by atoms with Crippen LogP contribution in [0.25, 0.3) is 0 Å². The molecule has 0 unspecified atom stereocenters. The van der Waals surface area contributed by atoms with Crippen LogP contribution < -0.4 is 5.32 Å². The number of rotatable bonds is 4. The minimum atomic E-state index is -0.209. The Balaban J connectivity index is 1.91. The number of hydrogen-bond donors (Lipinski definition) is 1. The Morgan fingerprint density at radius 1 is 1.43 bits per heavy atom. The summed E-state index contributed by atoms with van der Waals surface area (Å²) in [5.74, 6) is -0.209. The van der Waals surface area contributed by atoms with E-state index >= 15 is 0 Å². The summed E-state index contributed by atoms with van der Waals surface area (Å²) in [5, 5.41) is 12.1. The van der Waals surface area contributed by atoms with E-state index in [9.17, 15) is 4.79 Å². The molecule has 1 amide bonds. The molecule has 1 aromatic rings. The molecular weight excluding hydrogens is 266 g/mol. The molecule has 0 radical (unpaired) electrons. The van der Waals surface area contributed by atoms with Crippen molar-refractivity contribution in [3.05, 3.63) is 41.9 Å². The van der Waals surface area contributed by atoms with Gasteiger partial charge in [-0.2, -0.15) is 5.26 Å². The van der Waals surface area contributed by atoms with Gasteiger partial charge in [-0.1, -0.05) is 6.07 Å². The highest BCUT2D eigenvalue weighted by Crippen LogP contribution is 2.05. The molecule has 1 N–H and O–H groups in total. The van der Waals surface area contributed by atoms with E-state index in [-0.39, 0.29) is 11.5 Å². The molecule has 1 aliphatic heterocycles. The Morgan fingerprint density at radius 3 is 2.81 bits per heavy atom. The summed E-state index contributed by atoms with van der Waals surface area (Å²) in [4.78, 5) is 20.3. The number of carbonyl (C=O) groups is 1. The molecule has 2 rings (SSSR count). The largest absolute Gasteiger partial charge is 0.384 e. The molecule has 0 spiro atoms. The minimum Gasteiger partial charge on any atom is -0.384 e. The van der Waals surface area contributed by atoms with Gasteiger partial charge in [-0.3, -0.25) is 9.78 Å². The standard InChI is InChI=1S/C15H19N5O/c1-19-6-8-20(9-7-19)15(21)13(10-16)11-17-12-14-4-2-3-5-18-14/h2-5,11,17H,6-9,12H2,1H3/b13-11-. The number of likely N-dealkylation sites (N-methyl/N-ethyl adjacent to an activating group) is 1. The lowest BCUT2D eigenvalue weighted by molar-refractivity contribution is -0.128. The highest BCUT2D eigenvalue weighted by atomic mass is 16.2. The fraction of sp³-hybridized carbons (Fsp3) is 0.400. The molecule has 0 bridgehead atoms. The van der Waals surface area contributed by atoms with E-state index in [0.717, 1.165) is 18.8 Å². The van der Waals surface area contributed by atoms with E-state index in [1.807, 2.05) is 31.3 Å². The van der Waals surface area contributed by atoms with Gasteiger partial charge in [0.05, 0.1) is 12.2 Å². The van der Waals surface area contributed by atoms with E-state index in [1.165, 1.54) is 6.20 Å². The van der Waals surface area contributed by atoms with Gasteiger partial charge in [0.25, 0.3) is 5.91 Å². The van der Waals surface area contributed by atoms with E-state index in [4.69, 9.17) is 5.26 Å². The summed E-state index contributed by atoms with van der Waals surface area (Å²) in [6, 6.07) is 7.60. The number of hydrogen-bond acceptors (Lipinski definition) is 5. The molecule has 0 atom stereocenters. The molecule has 1 aliphatic rings. The number of amides is 1. The van der Waals surface area contributed by atoms with E-state index in [0.29, 0.717) is 19.6 Å². The third-order valence-corrected chi connectivity index (χ3v) is 3.40. The smallest absolute Gasteiger partial charge is 0.266 e. The molecule has 6 heteroatoms. The van der Waals surface area contributed by atoms with Crippen LogP contribution in [0.2, 0.25) is 0 Å². The lowest BCUT2D eigenvalue weighted by Gasteiger charge is -2.32. The Bertz CT molecular complexity index is 541. The summed E-state index contributed by atoms with van der Waals surface area (Å²) >= 11 is 0. The normalized spacial score (nSPS) is 16.4. The second-order valence-electron chi connectivity index (χ2n) is 4.97. The zero-order valence-corrected chi connectivity index (χ0v) is 12.1. The predicted octanol–water partition coefficient (Wildman–Crippen LogP) is 0.353. The number of aromatic nitrogens is 1. The van der Waals surface area contributed by atoms with Gasteiger partial charge < -0.3 is 15.1 Å². The quantitative estimate of drug-likeness (QED) is 0.638. The molecule has 1 saturated heterocycles. The fourth-order valence-electron chi connectivity index (χ4n) is 2.08. The summed E-state index contributed by atoms with van der Waals surface area (Å²) in [7, 11) is 2.03. The third-order valence-electron chi connectivity index (χ3n) is 3.40. The average Bonchev–Trinajstić information content (AvgIpc) is 2.53. The first-order valence-electron chi connectivity index (χ1n) is 6.92. The van der Waals surface area contributed by atoms with Crippen molar-refractivity contribution in [1.82, 2.24) is 20.1 Å². The average molecular weight is 285 g/mol. The predicted molar refractivity (Wildman–Crippen MR) is 78.8 cm³/mol. The molecule has 21 heavy (non-hydrogen) atoms. The van der Waals surface area contributed by atoms with Crippen molar-refractivity contribution < 1.29 is 4.79 Å². The van der Waals surface area contributed by atoms with Gasteiger partial charge in [-0.05, 0) is 19.2 Å². The van der Waals surface area contributed by atoms with Crippen LogP contribution in [-0.4, -0.2) is 53.9 Å². The number of carbonyl (C=O) groups excluding carboxylic acids is 1. The lowest BCUT2D eigenvalue weighted by atomic mass is 10.2. The molecule has 1 aromatic heterocycles. The van der Waals surface area contributed by atoms with Gasteiger partial charge in [0, 0.05) is 38.6 Å². The highest BCUT2D eigenvalue weighted by molar-refractivity contribution is 5.97. The third kappa shape index (κ3) is 4.29. The van der Waals surface area contributed by atoms with E-state index in [2.05, 4.69) is 15.2 Å². The second kappa shape index (κ2) is 7.41. The molecule has 1 fully saturated rings. The van der Waals surface area contributed by atoms with Gasteiger partial charge in [-0.25, -0.2) is 0 Å². The van der Waals surface area contributed by atoms with Crippen LogP contribution in [0.1, 0.15) is 5.69 Å². The first-order valence-corrected chi connectivity index (χ1v) is 6.92. The monoisotopic (exact) mass is 285 g/mol. The molecule has 0 aromatic carbocycles. The number of nitrogens with one attached hydrogen (secondary N) is 1. The maximum atomic E-state index is 12.2. The van der Waals surface area contributed by atoms with Gasteiger partial charge in [-0.15, -0.1) is 0 Å². The number of pyridine rings is 1. The van der Waals surface area contributed by atoms with Crippen molar-refractivity contribution >= 4 is 5.91 Å². The topological polar surface area (TPSA) is 72.3 Å². The zero-order valence-electron chi connectivity index (χ0n) is 12.1. The van der Waals surface area contributed by atoms with Crippen molar-refractivity contribution in [3.8, 4) is 6.07 Å². The van der Waals surface area contributed by atoms with Gasteiger partial charge >= 0.3 is 0 Å². The summed E-state index contributed by atoms with van der Waals surface area (Å²) < 4.78 is 0. The van der Waals surface area contributed by atoms with Crippen molar-refractivity contribution in [3.63, 3.8) is 0 Å². The summed E-state index contributed by atoms with van der Waals surface area (Å²) in [6.07, 6.45) is 3.19. The second-order valence-corrected chi connectivity index (χ2v) is 4.97. The first kappa shape index (κ1) is 15.0. The molecule has 2 heterocycles. The fourth-order valence-corrected chi connectivity index (χ4v) is 2.08. The van der Waals surface area contributed by atoms with Crippen LogP contribution in [-0.2, 0) is 11.3 Å². The lowest BCUT2D eigenvalue weighted by Crippen LogP contribution is -2.47. The Kier molecular flexibility index (Phi) is 5.29. The van der Waals surface area contributed by atoms with Crippen LogP contribution in [0, 0.1) is 11.3 Å². The van der Waals surface area contributed by atoms with Crippen molar-refractivity contribution in [2.24, 2.45) is 0 Å². The molecule has 0 aliphatic carbocycles. The number of nitrogens with zero attached hydrogens (tertiary/aromatic N) is 4. The Hall–Kier alpha value is -2.39. The summed E-state index contributed by atoms with van der Waals surface area (Å²) in [6.45, 7) is 3.49. The maximum absolute atomic E-state index is 12.2. The Labute approximate surface area is 124 Å².